The first-order valence-electron chi connectivity index (χ1n) is 12.0. The third kappa shape index (κ3) is 4.73. The van der Waals surface area contributed by atoms with E-state index in [9.17, 15) is 9.59 Å². The van der Waals surface area contributed by atoms with E-state index >= 15 is 0 Å². The Hall–Kier alpha value is -3.44. The van der Waals surface area contributed by atoms with Gasteiger partial charge in [0, 0.05) is 6.54 Å². The number of aryl methyl sites for hydroxylation is 2. The van der Waals surface area contributed by atoms with Crippen molar-refractivity contribution in [2.45, 2.75) is 46.6 Å². The van der Waals surface area contributed by atoms with Crippen molar-refractivity contribution in [3.05, 3.63) is 105 Å². The average Bonchev–Trinajstić information content (AvgIpc) is 2.85. The Morgan fingerprint density at radius 2 is 1.74 bits per heavy atom. The van der Waals surface area contributed by atoms with Crippen LogP contribution in [0, 0.1) is 13.8 Å². The summed E-state index contributed by atoms with van der Waals surface area (Å²) in [7, 11) is 0. The van der Waals surface area contributed by atoms with Crippen LogP contribution in [0.1, 0.15) is 60.0 Å². The average molecular weight is 488 g/mol. The van der Waals surface area contributed by atoms with Crippen LogP contribution in [0.25, 0.3) is 16.6 Å². The fraction of sp³-hybridized carbons (Fsp3) is 0.276. The molecule has 4 rings (SSSR count). The van der Waals surface area contributed by atoms with Crippen LogP contribution in [-0.4, -0.2) is 26.9 Å². The van der Waals surface area contributed by atoms with E-state index in [0.717, 1.165) is 23.2 Å². The number of hydrogen-bond donors (Lipinski definition) is 0. The van der Waals surface area contributed by atoms with E-state index in [1.54, 1.807) is 27.7 Å². The highest BCUT2D eigenvalue weighted by Gasteiger charge is 2.30. The lowest BCUT2D eigenvalue weighted by atomic mass is 10.1. The quantitative estimate of drug-likeness (QED) is 0.293. The number of halogens is 1. The summed E-state index contributed by atoms with van der Waals surface area (Å²) < 4.78 is 1.69. The minimum Gasteiger partial charge on any atom is -0.328 e. The minimum atomic E-state index is -0.420. The first-order chi connectivity index (χ1) is 16.9. The van der Waals surface area contributed by atoms with Gasteiger partial charge in [0.2, 0.25) is 0 Å². The van der Waals surface area contributed by atoms with Crippen LogP contribution in [0.2, 0.25) is 5.02 Å². The Morgan fingerprint density at radius 1 is 1.03 bits per heavy atom. The summed E-state index contributed by atoms with van der Waals surface area (Å²) in [6.45, 7) is 8.58. The maximum absolute atomic E-state index is 13.9. The molecule has 0 fully saturated rings. The molecule has 1 aromatic heterocycles. The zero-order chi connectivity index (χ0) is 25.1. The van der Waals surface area contributed by atoms with Crippen molar-refractivity contribution >= 4 is 28.4 Å². The predicted molar refractivity (Wildman–Crippen MR) is 143 cm³/mol. The van der Waals surface area contributed by atoms with Gasteiger partial charge in [-0.3, -0.25) is 14.2 Å². The van der Waals surface area contributed by atoms with Crippen molar-refractivity contribution in [1.82, 2.24) is 14.5 Å². The largest absolute Gasteiger partial charge is 0.328 e. The van der Waals surface area contributed by atoms with Crippen molar-refractivity contribution in [2.24, 2.45) is 0 Å². The molecule has 1 heterocycles. The van der Waals surface area contributed by atoms with Crippen LogP contribution in [0.15, 0.2) is 71.5 Å². The highest BCUT2D eigenvalue weighted by molar-refractivity contribution is 6.33. The van der Waals surface area contributed by atoms with Gasteiger partial charge in [-0.05, 0) is 62.6 Å². The molecule has 1 unspecified atom stereocenters. The number of amides is 1. The molecule has 6 heteroatoms. The standard InChI is InChI=1S/C29H30ClN3O2/c1-5-17-32(28(34)21-11-7-9-13-23(21)30)25(6-2)27-31-24-14-10-8-12-22(24)29(35)33(27)26-16-15-19(3)18-20(26)4/h7-16,18,25H,5-6,17H2,1-4H3. The van der Waals surface area contributed by atoms with E-state index in [-0.39, 0.29) is 11.5 Å². The molecule has 0 aliphatic carbocycles. The second kappa shape index (κ2) is 10.4. The molecular formula is C29H30ClN3O2. The van der Waals surface area contributed by atoms with Crippen molar-refractivity contribution in [3.63, 3.8) is 0 Å². The van der Waals surface area contributed by atoms with Gasteiger partial charge < -0.3 is 4.90 Å². The molecule has 1 atom stereocenters. The van der Waals surface area contributed by atoms with Gasteiger partial charge in [0.1, 0.15) is 5.82 Å². The lowest BCUT2D eigenvalue weighted by molar-refractivity contribution is 0.0659. The number of nitrogens with zero attached hydrogens (tertiary/aromatic N) is 3. The number of aromatic nitrogens is 2. The third-order valence-corrected chi connectivity index (χ3v) is 6.62. The second-order valence-corrected chi connectivity index (χ2v) is 9.23. The van der Waals surface area contributed by atoms with E-state index in [0.29, 0.717) is 40.3 Å². The monoisotopic (exact) mass is 487 g/mol. The van der Waals surface area contributed by atoms with Crippen LogP contribution in [0.4, 0.5) is 0 Å². The van der Waals surface area contributed by atoms with Crippen molar-refractivity contribution < 1.29 is 4.79 Å². The van der Waals surface area contributed by atoms with Gasteiger partial charge in [-0.2, -0.15) is 0 Å². The summed E-state index contributed by atoms with van der Waals surface area (Å²) in [5.74, 6) is 0.385. The summed E-state index contributed by atoms with van der Waals surface area (Å²) >= 11 is 6.40. The van der Waals surface area contributed by atoms with Gasteiger partial charge in [-0.1, -0.05) is 67.4 Å². The molecule has 0 N–H and O–H groups in total. The Kier molecular flexibility index (Phi) is 7.37. The van der Waals surface area contributed by atoms with Gasteiger partial charge >= 0.3 is 0 Å². The summed E-state index contributed by atoms with van der Waals surface area (Å²) in [5, 5.41) is 0.956. The van der Waals surface area contributed by atoms with Crippen LogP contribution >= 0.6 is 11.6 Å². The van der Waals surface area contributed by atoms with Gasteiger partial charge in [0.05, 0.1) is 33.2 Å². The van der Waals surface area contributed by atoms with E-state index in [2.05, 4.69) is 6.07 Å². The Bertz CT molecular complexity index is 1440. The summed E-state index contributed by atoms with van der Waals surface area (Å²) in [4.78, 5) is 34.4. The number of fused-ring (bicyclic) bond motifs is 1. The maximum Gasteiger partial charge on any atom is 0.266 e. The molecule has 0 radical (unpaired) electrons. The van der Waals surface area contributed by atoms with Gasteiger partial charge in [0.15, 0.2) is 0 Å². The molecule has 0 aliphatic rings. The topological polar surface area (TPSA) is 55.2 Å². The number of benzene rings is 3. The molecular weight excluding hydrogens is 458 g/mol. The van der Waals surface area contributed by atoms with Crippen LogP contribution in [0.3, 0.4) is 0 Å². The number of rotatable bonds is 7. The summed E-state index contributed by atoms with van der Waals surface area (Å²) in [6, 6.07) is 20.0. The number of hydrogen-bond acceptors (Lipinski definition) is 3. The summed E-state index contributed by atoms with van der Waals surface area (Å²) in [6.07, 6.45) is 1.35. The highest BCUT2D eigenvalue weighted by Crippen LogP contribution is 2.30. The number of carbonyl (C=O) groups excluding carboxylic acids is 1. The van der Waals surface area contributed by atoms with E-state index in [4.69, 9.17) is 16.6 Å². The van der Waals surface area contributed by atoms with Gasteiger partial charge in [0.25, 0.3) is 11.5 Å². The molecule has 0 saturated carbocycles. The third-order valence-electron chi connectivity index (χ3n) is 6.29. The Balaban J connectivity index is 1.99. The van der Waals surface area contributed by atoms with Crippen molar-refractivity contribution in [1.29, 1.82) is 0 Å². The maximum atomic E-state index is 13.9. The fourth-order valence-electron chi connectivity index (χ4n) is 4.63. The minimum absolute atomic E-state index is 0.141. The van der Waals surface area contributed by atoms with Crippen LogP contribution in [-0.2, 0) is 0 Å². The first-order valence-corrected chi connectivity index (χ1v) is 12.4. The Labute approximate surface area is 211 Å². The predicted octanol–water partition coefficient (Wildman–Crippen LogP) is 6.66. The smallest absolute Gasteiger partial charge is 0.266 e. The van der Waals surface area contributed by atoms with Crippen molar-refractivity contribution in [3.8, 4) is 5.69 Å². The van der Waals surface area contributed by atoms with Crippen LogP contribution in [0.5, 0.6) is 0 Å². The molecule has 1 amide bonds. The molecule has 0 bridgehead atoms. The van der Waals surface area contributed by atoms with Crippen molar-refractivity contribution in [2.75, 3.05) is 6.54 Å². The zero-order valence-electron chi connectivity index (χ0n) is 20.6. The molecule has 0 saturated heterocycles. The highest BCUT2D eigenvalue weighted by atomic mass is 35.5. The zero-order valence-corrected chi connectivity index (χ0v) is 21.3. The molecule has 0 spiro atoms. The summed E-state index contributed by atoms with van der Waals surface area (Å²) in [5.41, 5.74) is 3.78. The SMILES string of the molecule is CCCN(C(=O)c1ccccc1Cl)C(CC)c1nc2ccccc2c(=O)n1-c1ccc(C)cc1C. The molecule has 4 aromatic rings. The molecule has 180 valence electrons. The van der Waals surface area contributed by atoms with E-state index in [1.165, 1.54) is 0 Å². The lowest BCUT2D eigenvalue weighted by Gasteiger charge is -2.32. The first kappa shape index (κ1) is 24.7. The molecule has 0 aliphatic heterocycles. The van der Waals surface area contributed by atoms with Gasteiger partial charge in [-0.25, -0.2) is 4.98 Å². The lowest BCUT2D eigenvalue weighted by Crippen LogP contribution is -2.39. The number of para-hydroxylation sites is 1. The molecule has 35 heavy (non-hydrogen) atoms. The fourth-order valence-corrected chi connectivity index (χ4v) is 4.85. The van der Waals surface area contributed by atoms with Gasteiger partial charge in [-0.15, -0.1) is 0 Å². The normalized spacial score (nSPS) is 12.0. The van der Waals surface area contributed by atoms with Crippen LogP contribution < -0.4 is 5.56 Å². The number of carbonyl (C=O) groups is 1. The van der Waals surface area contributed by atoms with E-state index < -0.39 is 6.04 Å². The molecule has 3 aromatic carbocycles. The molecule has 5 nitrogen and oxygen atoms in total. The Morgan fingerprint density at radius 3 is 2.43 bits per heavy atom. The van der Waals surface area contributed by atoms with E-state index in [1.807, 2.05) is 70.2 Å². The second-order valence-electron chi connectivity index (χ2n) is 8.82.